The molecule has 4 saturated heterocycles. The first-order chi connectivity index (χ1) is 55.6. The Labute approximate surface area is 673 Å². The highest BCUT2D eigenvalue weighted by molar-refractivity contribution is 7.89. The van der Waals surface area contributed by atoms with Gasteiger partial charge in [-0.3, -0.25) is 19.2 Å². The first kappa shape index (κ1) is 86.9. The SMILES string of the molecule is C=CCOC(=O)N1c2cc(OCCCCCC(=O)O)c(OC)cc2C(=O)N2CC=C(c3ccc(S(=O)(=O)N(C)C4CCCCO4)cc3)C[C@H]2C1OC1CCCCO1.C=CCOC(=O)N1c2cc(OCCCCCC(=O)OC)c(OC)cc2C(=O)N2CC=C(c3ccc(S(=O)(=O)N(C)C4CCCCO4)cc3)C[C@H]2C1OC1CCCCO1. The summed E-state index contributed by atoms with van der Waals surface area (Å²) in [7, 11) is -0.268. The van der Waals surface area contributed by atoms with Crippen molar-refractivity contribution in [3.63, 3.8) is 0 Å². The zero-order chi connectivity index (χ0) is 81.8. The van der Waals surface area contributed by atoms with Gasteiger partial charge in [0, 0.05) is 78.6 Å². The lowest BCUT2D eigenvalue weighted by atomic mass is 9.92. The van der Waals surface area contributed by atoms with Gasteiger partial charge in [0.15, 0.2) is 48.0 Å². The summed E-state index contributed by atoms with van der Waals surface area (Å²) in [6.07, 6.45) is 14.8. The molecular formula is C83H108N6O24S2. The van der Waals surface area contributed by atoms with Crippen LogP contribution >= 0.6 is 0 Å². The second-order valence-electron chi connectivity index (χ2n) is 29.1. The monoisotopic (exact) mass is 1640 g/mol. The zero-order valence-corrected chi connectivity index (χ0v) is 67.9. The number of sulfonamides is 2. The minimum atomic E-state index is -3.83. The van der Waals surface area contributed by atoms with Crippen LogP contribution in [0, 0.1) is 0 Å². The van der Waals surface area contributed by atoms with Crippen molar-refractivity contribution in [3.8, 4) is 23.0 Å². The first-order valence-corrected chi connectivity index (χ1v) is 42.5. The summed E-state index contributed by atoms with van der Waals surface area (Å²) < 4.78 is 134. The molecule has 1 N–H and O–H groups in total. The lowest BCUT2D eigenvalue weighted by Gasteiger charge is -2.42. The van der Waals surface area contributed by atoms with Crippen molar-refractivity contribution in [1.82, 2.24) is 18.4 Å². The van der Waals surface area contributed by atoms with Crippen LogP contribution in [0.3, 0.4) is 0 Å². The number of amides is 4. The molecule has 12 rings (SSSR count). The van der Waals surface area contributed by atoms with Crippen molar-refractivity contribution in [1.29, 1.82) is 0 Å². The number of anilines is 2. The van der Waals surface area contributed by atoms with Crippen molar-refractivity contribution >= 4 is 78.5 Å². The molecule has 0 spiro atoms. The number of fused-ring (bicyclic) bond motifs is 4. The summed E-state index contributed by atoms with van der Waals surface area (Å²) in [5.41, 5.74) is 4.00. The number of unbranched alkanes of at least 4 members (excludes halogenated alkanes) is 4. The number of nitrogens with zero attached hydrogens (tertiary/aromatic N) is 6. The van der Waals surface area contributed by atoms with Crippen LogP contribution in [-0.4, -0.2) is 227 Å². The summed E-state index contributed by atoms with van der Waals surface area (Å²) in [5.74, 6) is -0.670. The van der Waals surface area contributed by atoms with Crippen LogP contribution in [-0.2, 0) is 72.3 Å². The van der Waals surface area contributed by atoms with Crippen molar-refractivity contribution in [2.45, 2.75) is 201 Å². The predicted molar refractivity (Wildman–Crippen MR) is 423 cm³/mol. The van der Waals surface area contributed by atoms with Gasteiger partial charge in [0.25, 0.3) is 11.8 Å². The van der Waals surface area contributed by atoms with Gasteiger partial charge in [-0.25, -0.2) is 36.2 Å². The Morgan fingerprint density at radius 2 is 0.922 bits per heavy atom. The molecule has 4 amide bonds. The average Bonchev–Trinajstić information content (AvgIpc) is 1.61. The van der Waals surface area contributed by atoms with E-state index >= 15 is 0 Å². The molecule has 4 fully saturated rings. The number of esters is 1. The van der Waals surface area contributed by atoms with Gasteiger partial charge in [-0.05, 0) is 187 Å². The standard InChI is InChI=1S/C42H55N3O12S.C41H53N3O12S/c1-5-22-56-42(48)45-33-28-36(53-23-10-6-7-14-38(46)52-4)35(51-3)27-32(33)40(47)44-21-20-30(26-34(44)41(45)57-39-15-9-12-25-55-39)29-16-18-31(19-17-29)58(49,50)43(2)37-13-8-11-24-54-37;1-4-21-55-41(48)44-32-27-35(52-22-9-5-6-13-37(45)46)34(51-3)26-31(32)39(47)43-20-19-29(25-33(43)40(44)56-38-14-8-11-24-54-38)28-15-17-30(18-16-28)57(49,50)42(2)36-12-7-10-23-53-36/h5,16-20,27-28,34,37,39,41H,1,6-15,21-26H2,2-4H3;4,15-19,26-27,33,36,38,40H,1,5-14,20-25H2,2-3H3,(H,45,46)/t34-,37?,39?,41?;33-,36?,38?,40?/m00/s1. The maximum absolute atomic E-state index is 14.7. The van der Waals surface area contributed by atoms with E-state index in [1.807, 2.05) is 12.2 Å². The molecule has 8 atom stereocenters. The Bertz CT molecular complexity index is 4350. The van der Waals surface area contributed by atoms with Crippen LogP contribution in [0.25, 0.3) is 11.1 Å². The largest absolute Gasteiger partial charge is 0.493 e. The molecule has 4 aromatic rings. The van der Waals surface area contributed by atoms with E-state index in [9.17, 15) is 45.6 Å². The molecule has 8 aliphatic rings. The van der Waals surface area contributed by atoms with Crippen molar-refractivity contribution in [2.24, 2.45) is 0 Å². The van der Waals surface area contributed by atoms with E-state index in [-0.39, 0.29) is 120 Å². The molecular weight excluding hydrogens is 1530 g/mol. The number of methoxy groups -OCH3 is 3. The van der Waals surface area contributed by atoms with Gasteiger partial charge >= 0.3 is 24.1 Å². The molecule has 0 aromatic heterocycles. The predicted octanol–water partition coefficient (Wildman–Crippen LogP) is 12.4. The summed E-state index contributed by atoms with van der Waals surface area (Å²) >= 11 is 0. The highest BCUT2D eigenvalue weighted by Crippen LogP contribution is 2.47. The molecule has 0 saturated carbocycles. The molecule has 115 heavy (non-hydrogen) atoms. The fourth-order valence-corrected chi connectivity index (χ4v) is 17.8. The third kappa shape index (κ3) is 21.3. The third-order valence-corrected chi connectivity index (χ3v) is 25.3. The van der Waals surface area contributed by atoms with E-state index in [0.717, 1.165) is 80.1 Å². The normalized spacial score (nSPS) is 22.4. The van der Waals surface area contributed by atoms with E-state index in [1.165, 1.54) is 58.9 Å². The molecule has 8 aliphatic heterocycles. The Hall–Kier alpha value is -8.96. The average molecular weight is 1640 g/mol. The maximum atomic E-state index is 14.7. The highest BCUT2D eigenvalue weighted by atomic mass is 32.2. The topological polar surface area (TPSA) is 330 Å². The van der Waals surface area contributed by atoms with Gasteiger partial charge in [0.2, 0.25) is 20.0 Å². The molecule has 32 heteroatoms. The highest BCUT2D eigenvalue weighted by Gasteiger charge is 2.50. The summed E-state index contributed by atoms with van der Waals surface area (Å²) in [4.78, 5) is 86.6. The molecule has 30 nitrogen and oxygen atoms in total. The van der Waals surface area contributed by atoms with Crippen molar-refractivity contribution in [3.05, 3.63) is 133 Å². The smallest absolute Gasteiger partial charge is 0.416 e. The van der Waals surface area contributed by atoms with Crippen LogP contribution in [0.4, 0.5) is 21.0 Å². The number of aliphatic carboxylic acids is 1. The minimum absolute atomic E-state index is 0.0629. The minimum Gasteiger partial charge on any atom is -0.493 e. The van der Waals surface area contributed by atoms with Gasteiger partial charge in [0.1, 0.15) is 25.7 Å². The van der Waals surface area contributed by atoms with Gasteiger partial charge < -0.3 is 76.5 Å². The van der Waals surface area contributed by atoms with Gasteiger partial charge in [-0.1, -0.05) is 61.7 Å². The number of rotatable bonds is 32. The lowest BCUT2D eigenvalue weighted by molar-refractivity contribution is -0.197. The number of carbonyl (C=O) groups excluding carboxylic acids is 5. The molecule has 8 heterocycles. The van der Waals surface area contributed by atoms with Crippen LogP contribution in [0.1, 0.15) is 173 Å². The summed E-state index contributed by atoms with van der Waals surface area (Å²) in [6, 6.07) is 18.2. The van der Waals surface area contributed by atoms with Crippen LogP contribution < -0.4 is 28.7 Å². The van der Waals surface area contributed by atoms with E-state index < -0.39 is 87.8 Å². The van der Waals surface area contributed by atoms with Gasteiger partial charge in [0.05, 0.1) is 78.9 Å². The molecule has 6 unspecified atom stereocenters. The summed E-state index contributed by atoms with van der Waals surface area (Å²) in [6.45, 7) is 10.1. The Morgan fingerprint density at radius 3 is 1.28 bits per heavy atom. The Kier molecular flexibility index (Phi) is 31.2. The number of benzene rings is 4. The second-order valence-corrected chi connectivity index (χ2v) is 33.1. The summed E-state index contributed by atoms with van der Waals surface area (Å²) in [5, 5.41) is 8.99. The first-order valence-electron chi connectivity index (χ1n) is 39.7. The van der Waals surface area contributed by atoms with Crippen molar-refractivity contribution in [2.75, 3.05) is 111 Å². The molecule has 0 aliphatic carbocycles. The Morgan fingerprint density at radius 1 is 0.522 bits per heavy atom. The van der Waals surface area contributed by atoms with Gasteiger partial charge in [-0.15, -0.1) is 0 Å². The van der Waals surface area contributed by atoms with E-state index in [1.54, 1.807) is 89.6 Å². The second kappa shape index (κ2) is 41.2. The number of carbonyl (C=O) groups is 6. The number of carboxylic acid groups (broad SMARTS) is 1. The van der Waals surface area contributed by atoms with Crippen LogP contribution in [0.2, 0.25) is 0 Å². The fraction of sp³-hybridized carbons (Fsp3) is 0.542. The number of hydrogen-bond donors (Lipinski definition) is 1. The van der Waals surface area contributed by atoms with E-state index in [4.69, 9.17) is 66.7 Å². The van der Waals surface area contributed by atoms with Crippen molar-refractivity contribution < 1.29 is 112 Å². The molecule has 0 bridgehead atoms. The zero-order valence-electron chi connectivity index (χ0n) is 66.2. The Balaban J connectivity index is 0.000000226. The number of carboxylic acids is 1. The third-order valence-electron chi connectivity index (χ3n) is 21.6. The van der Waals surface area contributed by atoms with Gasteiger partial charge in [-0.2, -0.15) is 8.61 Å². The quantitative estimate of drug-likeness (QED) is 0.0205. The maximum Gasteiger partial charge on any atom is 0.416 e. The fourth-order valence-electron chi connectivity index (χ4n) is 15.3. The molecule has 4 aromatic carbocycles. The lowest BCUT2D eigenvalue weighted by Crippen LogP contribution is -2.57. The number of ether oxygens (including phenoxy) is 13. The van der Waals surface area contributed by atoms with Crippen LogP contribution in [0.15, 0.2) is 120 Å². The van der Waals surface area contributed by atoms with Crippen LogP contribution in [0.5, 0.6) is 23.0 Å². The molecule has 0 radical (unpaired) electrons. The number of hydrogen-bond acceptors (Lipinski definition) is 23. The van der Waals surface area contributed by atoms with E-state index in [0.29, 0.717) is 102 Å². The van der Waals surface area contributed by atoms with E-state index in [2.05, 4.69) is 13.2 Å². The molecule has 626 valence electrons.